The molecular weight excluding hydrogens is 260 g/mol. The number of urea groups is 1. The van der Waals surface area contributed by atoms with E-state index in [0.29, 0.717) is 11.5 Å². The first kappa shape index (κ1) is 15.8. The third-order valence-corrected chi connectivity index (χ3v) is 2.40. The Balaban J connectivity index is 2.50. The molecular formula is C14H20N2O4. The van der Waals surface area contributed by atoms with Crippen LogP contribution < -0.4 is 20.1 Å². The summed E-state index contributed by atoms with van der Waals surface area (Å²) in [5, 5.41) is 4.78. The van der Waals surface area contributed by atoms with Gasteiger partial charge in [0.1, 0.15) is 11.5 Å². The summed E-state index contributed by atoms with van der Waals surface area (Å²) < 4.78 is 10.5. The van der Waals surface area contributed by atoms with Crippen LogP contribution in [0, 0.1) is 0 Å². The van der Waals surface area contributed by atoms with Crippen LogP contribution in [0.1, 0.15) is 20.8 Å². The number of ether oxygens (including phenoxy) is 2. The first-order chi connectivity index (χ1) is 9.42. The second-order valence-corrected chi connectivity index (χ2v) is 4.55. The van der Waals surface area contributed by atoms with E-state index < -0.39 is 18.0 Å². The summed E-state index contributed by atoms with van der Waals surface area (Å²) in [6.45, 7) is 5.19. The van der Waals surface area contributed by atoms with E-state index in [9.17, 15) is 9.59 Å². The number of hydrogen-bond acceptors (Lipinski definition) is 4. The zero-order valence-electron chi connectivity index (χ0n) is 12.1. The molecule has 0 bridgehead atoms. The molecule has 0 heterocycles. The van der Waals surface area contributed by atoms with Crippen LogP contribution in [-0.4, -0.2) is 31.2 Å². The normalized spacial score (nSPS) is 11.7. The minimum Gasteiger partial charge on any atom is -0.497 e. The largest absolute Gasteiger partial charge is 0.497 e. The summed E-state index contributed by atoms with van der Waals surface area (Å²) in [5.74, 6) is 0.724. The van der Waals surface area contributed by atoms with Gasteiger partial charge in [-0.2, -0.15) is 0 Å². The van der Waals surface area contributed by atoms with Crippen molar-refractivity contribution >= 4 is 11.9 Å². The van der Waals surface area contributed by atoms with Gasteiger partial charge in [0.2, 0.25) is 0 Å². The van der Waals surface area contributed by atoms with Crippen LogP contribution in [0.3, 0.4) is 0 Å². The van der Waals surface area contributed by atoms with Gasteiger partial charge >= 0.3 is 6.03 Å². The van der Waals surface area contributed by atoms with Gasteiger partial charge in [-0.3, -0.25) is 10.1 Å². The maximum atomic E-state index is 11.7. The minimum atomic E-state index is -0.777. The molecule has 1 atom stereocenters. The van der Waals surface area contributed by atoms with Crippen LogP contribution in [0.15, 0.2) is 24.3 Å². The molecule has 3 amide bonds. The molecule has 0 saturated heterocycles. The highest BCUT2D eigenvalue weighted by Gasteiger charge is 2.17. The zero-order chi connectivity index (χ0) is 15.1. The molecule has 2 N–H and O–H groups in total. The van der Waals surface area contributed by atoms with E-state index in [1.165, 1.54) is 0 Å². The SMILES string of the molecule is COc1ccc(O[C@H](C)C(=O)NC(=O)NC(C)C)cc1. The number of benzene rings is 1. The van der Waals surface area contributed by atoms with Gasteiger partial charge in [0.25, 0.3) is 5.91 Å². The molecule has 6 heteroatoms. The Kier molecular flexibility index (Phi) is 5.83. The molecule has 1 aromatic carbocycles. The zero-order valence-corrected chi connectivity index (χ0v) is 12.1. The van der Waals surface area contributed by atoms with Crippen LogP contribution in [0.25, 0.3) is 0 Å². The highest BCUT2D eigenvalue weighted by atomic mass is 16.5. The molecule has 0 aliphatic rings. The monoisotopic (exact) mass is 280 g/mol. The molecule has 0 aliphatic carbocycles. The van der Waals surface area contributed by atoms with Crippen molar-refractivity contribution in [3.05, 3.63) is 24.3 Å². The number of imide groups is 1. The van der Waals surface area contributed by atoms with Crippen molar-refractivity contribution in [1.82, 2.24) is 10.6 Å². The molecule has 0 radical (unpaired) electrons. The average molecular weight is 280 g/mol. The Morgan fingerprint density at radius 3 is 2.10 bits per heavy atom. The minimum absolute atomic E-state index is 0.0411. The fourth-order valence-corrected chi connectivity index (χ4v) is 1.42. The van der Waals surface area contributed by atoms with Crippen molar-refractivity contribution in [2.75, 3.05) is 7.11 Å². The molecule has 1 aromatic rings. The molecule has 0 unspecified atom stereocenters. The maximum absolute atomic E-state index is 11.7. The molecule has 6 nitrogen and oxygen atoms in total. The number of methoxy groups -OCH3 is 1. The fraction of sp³-hybridized carbons (Fsp3) is 0.429. The van der Waals surface area contributed by atoms with Gasteiger partial charge in [-0.15, -0.1) is 0 Å². The molecule has 110 valence electrons. The van der Waals surface area contributed by atoms with Crippen LogP contribution in [0.5, 0.6) is 11.5 Å². The molecule has 0 spiro atoms. The van der Waals surface area contributed by atoms with Crippen LogP contribution in [0.2, 0.25) is 0 Å². The molecule has 0 saturated carbocycles. The Labute approximate surface area is 118 Å². The highest BCUT2D eigenvalue weighted by molar-refractivity contribution is 5.96. The van der Waals surface area contributed by atoms with E-state index in [1.807, 2.05) is 0 Å². The van der Waals surface area contributed by atoms with Crippen molar-refractivity contribution in [2.45, 2.75) is 32.9 Å². The quantitative estimate of drug-likeness (QED) is 0.860. The lowest BCUT2D eigenvalue weighted by molar-refractivity contribution is -0.126. The lowest BCUT2D eigenvalue weighted by atomic mass is 10.3. The Bertz CT molecular complexity index is 457. The van der Waals surface area contributed by atoms with Gasteiger partial charge < -0.3 is 14.8 Å². The Hall–Kier alpha value is -2.24. The van der Waals surface area contributed by atoms with Crippen LogP contribution >= 0.6 is 0 Å². The van der Waals surface area contributed by atoms with E-state index in [4.69, 9.17) is 9.47 Å². The lowest BCUT2D eigenvalue weighted by Crippen LogP contribution is -2.46. The van der Waals surface area contributed by atoms with Gasteiger partial charge in [0, 0.05) is 6.04 Å². The molecule has 0 aliphatic heterocycles. The summed E-state index contributed by atoms with van der Waals surface area (Å²) in [7, 11) is 1.57. The van der Waals surface area contributed by atoms with Crippen LogP contribution in [-0.2, 0) is 4.79 Å². The molecule has 0 aromatic heterocycles. The van der Waals surface area contributed by atoms with Crippen molar-refractivity contribution in [3.8, 4) is 11.5 Å². The second-order valence-electron chi connectivity index (χ2n) is 4.55. The first-order valence-electron chi connectivity index (χ1n) is 6.34. The van der Waals surface area contributed by atoms with Gasteiger partial charge in [-0.25, -0.2) is 4.79 Å². The van der Waals surface area contributed by atoms with Gasteiger partial charge in [-0.05, 0) is 45.0 Å². The summed E-state index contributed by atoms with van der Waals surface area (Å²) in [4.78, 5) is 23.1. The van der Waals surface area contributed by atoms with Crippen molar-refractivity contribution in [1.29, 1.82) is 0 Å². The summed E-state index contributed by atoms with van der Waals surface area (Å²) in [6, 6.07) is 6.26. The first-order valence-corrected chi connectivity index (χ1v) is 6.34. The summed E-state index contributed by atoms with van der Waals surface area (Å²) >= 11 is 0. The number of rotatable bonds is 5. The van der Waals surface area contributed by atoms with Crippen molar-refractivity contribution in [2.24, 2.45) is 0 Å². The lowest BCUT2D eigenvalue weighted by Gasteiger charge is -2.15. The number of carbonyl (C=O) groups excluding carboxylic acids is 2. The Morgan fingerprint density at radius 2 is 1.60 bits per heavy atom. The molecule has 1 rings (SSSR count). The van der Waals surface area contributed by atoms with Gasteiger partial charge in [0.05, 0.1) is 7.11 Å². The number of hydrogen-bond donors (Lipinski definition) is 2. The van der Waals surface area contributed by atoms with Gasteiger partial charge in [0.15, 0.2) is 6.10 Å². The van der Waals surface area contributed by atoms with Gasteiger partial charge in [-0.1, -0.05) is 0 Å². The average Bonchev–Trinajstić information content (AvgIpc) is 2.38. The highest BCUT2D eigenvalue weighted by Crippen LogP contribution is 2.18. The van der Waals surface area contributed by atoms with Crippen molar-refractivity contribution in [3.63, 3.8) is 0 Å². The third kappa shape index (κ3) is 5.17. The van der Waals surface area contributed by atoms with E-state index in [0.717, 1.165) is 0 Å². The topological polar surface area (TPSA) is 76.7 Å². The maximum Gasteiger partial charge on any atom is 0.321 e. The second kappa shape index (κ2) is 7.37. The predicted octanol–water partition coefficient (Wildman–Crippen LogP) is 1.70. The summed E-state index contributed by atoms with van der Waals surface area (Å²) in [6.07, 6.45) is -0.777. The van der Waals surface area contributed by atoms with E-state index >= 15 is 0 Å². The Morgan fingerprint density at radius 1 is 1.05 bits per heavy atom. The predicted molar refractivity (Wildman–Crippen MR) is 74.9 cm³/mol. The third-order valence-electron chi connectivity index (χ3n) is 2.40. The molecule has 0 fully saturated rings. The molecule has 20 heavy (non-hydrogen) atoms. The van der Waals surface area contributed by atoms with E-state index in [1.54, 1.807) is 52.1 Å². The van der Waals surface area contributed by atoms with Crippen molar-refractivity contribution < 1.29 is 19.1 Å². The van der Waals surface area contributed by atoms with E-state index in [2.05, 4.69) is 10.6 Å². The standard InChI is InChI=1S/C14H20N2O4/c1-9(2)15-14(18)16-13(17)10(3)20-12-7-5-11(19-4)6-8-12/h5-10H,1-4H3,(H2,15,16,17,18)/t10-/m1/s1. The fourth-order valence-electron chi connectivity index (χ4n) is 1.42. The number of carbonyl (C=O) groups is 2. The number of amides is 3. The summed E-state index contributed by atoms with van der Waals surface area (Å²) in [5.41, 5.74) is 0. The van der Waals surface area contributed by atoms with Crippen LogP contribution in [0.4, 0.5) is 4.79 Å². The number of nitrogens with one attached hydrogen (secondary N) is 2. The smallest absolute Gasteiger partial charge is 0.321 e. The van der Waals surface area contributed by atoms with E-state index in [-0.39, 0.29) is 6.04 Å².